The van der Waals surface area contributed by atoms with Crippen molar-refractivity contribution in [1.29, 1.82) is 0 Å². The molecule has 0 N–H and O–H groups in total. The van der Waals surface area contributed by atoms with Crippen molar-refractivity contribution in [1.82, 2.24) is 9.55 Å². The van der Waals surface area contributed by atoms with Crippen LogP contribution in [-0.2, 0) is 12.8 Å². The Hall–Kier alpha value is -1.87. The largest absolute Gasteiger partial charge is 0.296 e. The van der Waals surface area contributed by atoms with Crippen molar-refractivity contribution in [2.24, 2.45) is 0 Å². The number of fused-ring (bicyclic) bond motifs is 1. The Labute approximate surface area is 128 Å². The Morgan fingerprint density at radius 2 is 2.05 bits per heavy atom. The zero-order valence-electron chi connectivity index (χ0n) is 11.8. The number of nitrogens with zero attached hydrogens (tertiary/aromatic N) is 2. The molecule has 4 heteroatoms. The molecule has 1 aromatic heterocycles. The normalized spacial score (nSPS) is 11.2. The summed E-state index contributed by atoms with van der Waals surface area (Å²) in [4.78, 5) is 4.53. The summed E-state index contributed by atoms with van der Waals surface area (Å²) in [6.07, 6.45) is 1.62. The predicted molar refractivity (Wildman–Crippen MR) is 84.8 cm³/mol. The van der Waals surface area contributed by atoms with Gasteiger partial charge in [0.2, 0.25) is 0 Å². The number of hydrogen-bond acceptors (Lipinski definition) is 1. The standard InChI is InChI=1S/C17H16ClFN2/c1-2-12-4-3-5-14(10-12)21-16-7-6-13(19)11-15(16)20-17(21)8-9-18/h3-7,10-11H,2,8-9H2,1H3. The lowest BCUT2D eigenvalue weighted by Gasteiger charge is -2.10. The Balaban J connectivity index is 2.25. The first-order chi connectivity index (χ1) is 10.2. The van der Waals surface area contributed by atoms with E-state index < -0.39 is 0 Å². The third kappa shape index (κ3) is 2.66. The van der Waals surface area contributed by atoms with Gasteiger partial charge in [0.1, 0.15) is 11.6 Å². The number of hydrogen-bond donors (Lipinski definition) is 0. The average molecular weight is 303 g/mol. The highest BCUT2D eigenvalue weighted by Crippen LogP contribution is 2.23. The quantitative estimate of drug-likeness (QED) is 0.648. The van der Waals surface area contributed by atoms with Crippen LogP contribution in [0.5, 0.6) is 0 Å². The summed E-state index contributed by atoms with van der Waals surface area (Å²) in [5.41, 5.74) is 3.87. The highest BCUT2D eigenvalue weighted by Gasteiger charge is 2.13. The smallest absolute Gasteiger partial charge is 0.125 e. The Morgan fingerprint density at radius 1 is 1.19 bits per heavy atom. The maximum atomic E-state index is 13.4. The minimum Gasteiger partial charge on any atom is -0.296 e. The first kappa shape index (κ1) is 14.1. The van der Waals surface area contributed by atoms with Crippen molar-refractivity contribution in [2.75, 3.05) is 5.88 Å². The number of rotatable bonds is 4. The molecule has 0 spiro atoms. The summed E-state index contributed by atoms with van der Waals surface area (Å²) in [6, 6.07) is 13.0. The highest BCUT2D eigenvalue weighted by atomic mass is 35.5. The van der Waals surface area contributed by atoms with E-state index in [1.54, 1.807) is 6.07 Å². The Kier molecular flexibility index (Phi) is 3.93. The molecule has 1 heterocycles. The molecule has 0 aliphatic heterocycles. The fraction of sp³-hybridized carbons (Fsp3) is 0.235. The van der Waals surface area contributed by atoms with Gasteiger partial charge in [0, 0.05) is 24.1 Å². The van der Waals surface area contributed by atoms with Crippen molar-refractivity contribution < 1.29 is 4.39 Å². The van der Waals surface area contributed by atoms with E-state index in [4.69, 9.17) is 11.6 Å². The van der Waals surface area contributed by atoms with E-state index in [1.807, 2.05) is 12.1 Å². The SMILES string of the molecule is CCc1cccc(-n2c(CCCl)nc3cc(F)ccc32)c1. The zero-order chi connectivity index (χ0) is 14.8. The molecule has 2 aromatic carbocycles. The van der Waals surface area contributed by atoms with Crippen LogP contribution in [0.25, 0.3) is 16.7 Å². The first-order valence-corrected chi connectivity index (χ1v) is 7.58. The molecule has 0 aliphatic rings. The fourth-order valence-corrected chi connectivity index (χ4v) is 2.73. The topological polar surface area (TPSA) is 17.8 Å². The molecule has 0 atom stereocenters. The molecule has 2 nitrogen and oxygen atoms in total. The molecule has 0 saturated heterocycles. The van der Waals surface area contributed by atoms with Crippen molar-refractivity contribution >= 4 is 22.6 Å². The van der Waals surface area contributed by atoms with Crippen LogP contribution < -0.4 is 0 Å². The van der Waals surface area contributed by atoms with Gasteiger partial charge in [-0.15, -0.1) is 11.6 Å². The third-order valence-corrected chi connectivity index (χ3v) is 3.77. The van der Waals surface area contributed by atoms with E-state index in [2.05, 4.69) is 28.6 Å². The van der Waals surface area contributed by atoms with Crippen LogP contribution in [0.2, 0.25) is 0 Å². The van der Waals surface area contributed by atoms with E-state index in [0.29, 0.717) is 17.8 Å². The van der Waals surface area contributed by atoms with Crippen LogP contribution in [-0.4, -0.2) is 15.4 Å². The lowest BCUT2D eigenvalue weighted by molar-refractivity contribution is 0.629. The van der Waals surface area contributed by atoms with E-state index in [1.165, 1.54) is 17.7 Å². The maximum absolute atomic E-state index is 13.4. The molecule has 0 fully saturated rings. The van der Waals surface area contributed by atoms with Crippen LogP contribution in [0.15, 0.2) is 42.5 Å². The van der Waals surface area contributed by atoms with Crippen molar-refractivity contribution in [3.63, 3.8) is 0 Å². The molecular formula is C17H16ClFN2. The molecule has 3 rings (SSSR count). The summed E-state index contributed by atoms with van der Waals surface area (Å²) in [6.45, 7) is 2.13. The van der Waals surface area contributed by atoms with Gasteiger partial charge < -0.3 is 0 Å². The molecule has 0 saturated carbocycles. The molecule has 0 radical (unpaired) electrons. The lowest BCUT2D eigenvalue weighted by atomic mass is 10.1. The molecular weight excluding hydrogens is 287 g/mol. The number of aromatic nitrogens is 2. The van der Waals surface area contributed by atoms with Crippen LogP contribution in [0.1, 0.15) is 18.3 Å². The van der Waals surface area contributed by atoms with Crippen LogP contribution in [0, 0.1) is 5.82 Å². The van der Waals surface area contributed by atoms with Gasteiger partial charge in [-0.3, -0.25) is 4.57 Å². The molecule has 0 bridgehead atoms. The maximum Gasteiger partial charge on any atom is 0.125 e. The molecule has 108 valence electrons. The average Bonchev–Trinajstić information content (AvgIpc) is 2.84. The second-order valence-corrected chi connectivity index (χ2v) is 5.34. The van der Waals surface area contributed by atoms with Gasteiger partial charge in [0.05, 0.1) is 11.0 Å². The Bertz CT molecular complexity index is 780. The van der Waals surface area contributed by atoms with E-state index in [-0.39, 0.29) is 5.82 Å². The minimum absolute atomic E-state index is 0.271. The third-order valence-electron chi connectivity index (χ3n) is 3.58. The van der Waals surface area contributed by atoms with Crippen LogP contribution in [0.3, 0.4) is 0 Å². The second-order valence-electron chi connectivity index (χ2n) is 4.96. The minimum atomic E-state index is -0.271. The Morgan fingerprint density at radius 3 is 2.81 bits per heavy atom. The van der Waals surface area contributed by atoms with Crippen molar-refractivity contribution in [3.05, 3.63) is 59.7 Å². The number of imidazole rings is 1. The number of halogens is 2. The molecule has 3 aromatic rings. The molecule has 0 aliphatic carbocycles. The van der Waals surface area contributed by atoms with Gasteiger partial charge in [-0.25, -0.2) is 9.37 Å². The van der Waals surface area contributed by atoms with Gasteiger partial charge in [0.15, 0.2) is 0 Å². The zero-order valence-corrected chi connectivity index (χ0v) is 12.6. The number of aryl methyl sites for hydroxylation is 2. The van der Waals surface area contributed by atoms with E-state index in [9.17, 15) is 4.39 Å². The summed E-state index contributed by atoms with van der Waals surface area (Å²) in [7, 11) is 0. The monoisotopic (exact) mass is 302 g/mol. The lowest BCUT2D eigenvalue weighted by Crippen LogP contribution is -2.02. The van der Waals surface area contributed by atoms with Gasteiger partial charge in [0.25, 0.3) is 0 Å². The highest BCUT2D eigenvalue weighted by molar-refractivity contribution is 6.17. The van der Waals surface area contributed by atoms with Gasteiger partial charge in [-0.2, -0.15) is 0 Å². The summed E-state index contributed by atoms with van der Waals surface area (Å²) in [5, 5.41) is 0. The molecule has 0 unspecified atom stereocenters. The molecule has 0 amide bonds. The second kappa shape index (κ2) is 5.86. The van der Waals surface area contributed by atoms with Crippen LogP contribution >= 0.6 is 11.6 Å². The van der Waals surface area contributed by atoms with Crippen molar-refractivity contribution in [3.8, 4) is 5.69 Å². The van der Waals surface area contributed by atoms with Crippen molar-refractivity contribution in [2.45, 2.75) is 19.8 Å². The first-order valence-electron chi connectivity index (χ1n) is 7.05. The summed E-state index contributed by atoms with van der Waals surface area (Å²) in [5.74, 6) is 1.07. The van der Waals surface area contributed by atoms with Crippen LogP contribution in [0.4, 0.5) is 4.39 Å². The van der Waals surface area contributed by atoms with Gasteiger partial charge in [-0.1, -0.05) is 19.1 Å². The predicted octanol–water partition coefficient (Wildman–Crippen LogP) is 4.51. The molecule has 21 heavy (non-hydrogen) atoms. The van der Waals surface area contributed by atoms with Gasteiger partial charge in [-0.05, 0) is 36.2 Å². The van der Waals surface area contributed by atoms with Gasteiger partial charge >= 0.3 is 0 Å². The summed E-state index contributed by atoms with van der Waals surface area (Å²) >= 11 is 5.89. The summed E-state index contributed by atoms with van der Waals surface area (Å²) < 4.78 is 15.5. The van der Waals surface area contributed by atoms with E-state index >= 15 is 0 Å². The van der Waals surface area contributed by atoms with E-state index in [0.717, 1.165) is 23.4 Å². The number of benzene rings is 2. The fourth-order valence-electron chi connectivity index (χ4n) is 2.56. The number of alkyl halides is 1.